The number of carbonyl (C=O) groups excluding carboxylic acids is 1. The zero-order valence-electron chi connectivity index (χ0n) is 21.5. The molecule has 0 fully saturated rings. The van der Waals surface area contributed by atoms with Crippen molar-refractivity contribution in [3.63, 3.8) is 0 Å². The summed E-state index contributed by atoms with van der Waals surface area (Å²) in [6, 6.07) is 28.1. The first kappa shape index (κ1) is 28.7. The Morgan fingerprint density at radius 3 is 1.70 bits per heavy atom. The Hall–Kier alpha value is -2.82. The van der Waals surface area contributed by atoms with Crippen LogP contribution in [0.25, 0.3) is 0 Å². The van der Waals surface area contributed by atoms with Gasteiger partial charge in [-0.05, 0) is 27.5 Å². The monoisotopic (exact) mass is 542 g/mol. The number of esters is 1. The van der Waals surface area contributed by atoms with Crippen molar-refractivity contribution in [2.24, 2.45) is 0 Å². The van der Waals surface area contributed by atoms with Crippen LogP contribution in [0.5, 0.6) is 0 Å². The molecule has 0 aliphatic carbocycles. The van der Waals surface area contributed by atoms with Gasteiger partial charge in [-0.25, -0.2) is 4.79 Å². The second-order valence-electron chi connectivity index (χ2n) is 9.81. The summed E-state index contributed by atoms with van der Waals surface area (Å²) in [6.45, 7) is 5.42. The molecule has 0 unspecified atom stereocenters. The third-order valence-corrected chi connectivity index (χ3v) is 11.6. The second-order valence-corrected chi connectivity index (χ2v) is 15.7. The van der Waals surface area contributed by atoms with Crippen LogP contribution < -0.4 is 10.4 Å². The van der Waals surface area contributed by atoms with Gasteiger partial charge in [-0.1, -0.05) is 99.6 Å². The number of carbonyl (C=O) groups is 1. The van der Waals surface area contributed by atoms with E-state index in [1.54, 1.807) is 30.3 Å². The first-order chi connectivity index (χ1) is 17.5. The van der Waals surface area contributed by atoms with Gasteiger partial charge in [-0.15, -0.1) is 0 Å². The molecule has 7 nitrogen and oxygen atoms in total. The Morgan fingerprint density at radius 1 is 0.838 bits per heavy atom. The van der Waals surface area contributed by atoms with Gasteiger partial charge in [0.15, 0.2) is 6.10 Å². The molecule has 198 valence electrons. The minimum atomic E-state index is -3.96. The normalized spacial score (nSPS) is 14.1. The molecule has 37 heavy (non-hydrogen) atoms. The number of rotatable bonds is 11. The van der Waals surface area contributed by atoms with Crippen LogP contribution in [0.3, 0.4) is 0 Å². The molecule has 3 rings (SSSR count). The highest BCUT2D eigenvalue weighted by Crippen LogP contribution is 2.37. The van der Waals surface area contributed by atoms with E-state index in [1.807, 2.05) is 60.7 Å². The number of hydrogen-bond donors (Lipinski definition) is 1. The van der Waals surface area contributed by atoms with Gasteiger partial charge >= 0.3 is 5.97 Å². The van der Waals surface area contributed by atoms with Crippen LogP contribution in [0, 0.1) is 0 Å². The molecule has 0 aliphatic heterocycles. The molecular weight excluding hydrogens is 508 g/mol. The first-order valence-electron chi connectivity index (χ1n) is 12.0. The van der Waals surface area contributed by atoms with Gasteiger partial charge in [0, 0.05) is 0 Å². The lowest BCUT2D eigenvalue weighted by molar-refractivity contribution is -0.0418. The Labute approximate surface area is 220 Å². The van der Waals surface area contributed by atoms with E-state index in [4.69, 9.17) is 13.3 Å². The van der Waals surface area contributed by atoms with Crippen molar-refractivity contribution >= 4 is 34.8 Å². The number of benzene rings is 3. The molecule has 3 aromatic carbocycles. The molecule has 9 heteroatoms. The molecule has 0 aromatic heterocycles. The summed E-state index contributed by atoms with van der Waals surface area (Å²) in [7, 11) is -7.00. The van der Waals surface area contributed by atoms with Gasteiger partial charge in [0.25, 0.3) is 18.4 Å². The van der Waals surface area contributed by atoms with Gasteiger partial charge in [-0.2, -0.15) is 8.42 Å². The Balaban J connectivity index is 2.06. The SMILES string of the molecule is CC(C)(C)[Si](OC[C@H](OC(=O)c1ccccc1)[C@@H](CO)OS(C)(=O)=O)(c1ccccc1)c1ccccc1. The van der Waals surface area contributed by atoms with Crippen LogP contribution in [0.4, 0.5) is 0 Å². The molecule has 0 radical (unpaired) electrons. The van der Waals surface area contributed by atoms with Gasteiger partial charge < -0.3 is 14.3 Å². The summed E-state index contributed by atoms with van der Waals surface area (Å²) >= 11 is 0. The zero-order valence-corrected chi connectivity index (χ0v) is 23.4. The molecule has 0 bridgehead atoms. The second kappa shape index (κ2) is 12.1. The lowest BCUT2D eigenvalue weighted by Gasteiger charge is -2.44. The zero-order chi connectivity index (χ0) is 27.1. The van der Waals surface area contributed by atoms with E-state index in [-0.39, 0.29) is 17.2 Å². The molecule has 2 atom stereocenters. The van der Waals surface area contributed by atoms with Gasteiger partial charge in [0.2, 0.25) is 0 Å². The van der Waals surface area contributed by atoms with Gasteiger partial charge in [0.1, 0.15) is 6.10 Å². The average Bonchev–Trinajstić information content (AvgIpc) is 2.87. The van der Waals surface area contributed by atoms with Crippen molar-refractivity contribution in [3.8, 4) is 0 Å². The van der Waals surface area contributed by atoms with Crippen molar-refractivity contribution in [1.82, 2.24) is 0 Å². The topological polar surface area (TPSA) is 99.1 Å². The van der Waals surface area contributed by atoms with E-state index >= 15 is 0 Å². The van der Waals surface area contributed by atoms with E-state index in [2.05, 4.69) is 20.8 Å². The lowest BCUT2D eigenvalue weighted by Crippen LogP contribution is -2.67. The Morgan fingerprint density at radius 2 is 1.30 bits per heavy atom. The quantitative estimate of drug-likeness (QED) is 0.226. The summed E-state index contributed by atoms with van der Waals surface area (Å²) in [5, 5.41) is 11.7. The number of hydrogen-bond acceptors (Lipinski definition) is 7. The summed E-state index contributed by atoms with van der Waals surface area (Å²) in [5.41, 5.74) is 0.286. The fourth-order valence-electron chi connectivity index (χ4n) is 4.40. The maximum absolute atomic E-state index is 12.9. The van der Waals surface area contributed by atoms with Gasteiger partial charge in [0.05, 0.1) is 25.0 Å². The molecular formula is C28H34O7SSi. The van der Waals surface area contributed by atoms with E-state index in [9.17, 15) is 18.3 Å². The highest BCUT2D eigenvalue weighted by molar-refractivity contribution is 7.86. The molecule has 0 spiro atoms. The summed E-state index contributed by atoms with van der Waals surface area (Å²) in [5.74, 6) is -0.674. The van der Waals surface area contributed by atoms with Crippen LogP contribution in [0.1, 0.15) is 31.1 Å². The first-order valence-corrected chi connectivity index (χ1v) is 15.7. The average molecular weight is 543 g/mol. The highest BCUT2D eigenvalue weighted by Gasteiger charge is 2.51. The van der Waals surface area contributed by atoms with E-state index in [0.717, 1.165) is 16.6 Å². The number of aliphatic hydroxyl groups is 1. The van der Waals surface area contributed by atoms with E-state index < -0.39 is 43.2 Å². The van der Waals surface area contributed by atoms with Crippen LogP contribution in [0.15, 0.2) is 91.0 Å². The minimum Gasteiger partial charge on any atom is -0.453 e. The van der Waals surface area contributed by atoms with Gasteiger partial charge in [-0.3, -0.25) is 4.18 Å². The highest BCUT2D eigenvalue weighted by atomic mass is 32.2. The molecule has 0 amide bonds. The predicted octanol–water partition coefficient (Wildman–Crippen LogP) is 3.13. The van der Waals surface area contributed by atoms with Crippen LogP contribution in [-0.4, -0.2) is 59.5 Å². The van der Waals surface area contributed by atoms with Crippen molar-refractivity contribution in [1.29, 1.82) is 0 Å². The van der Waals surface area contributed by atoms with E-state index in [1.165, 1.54) is 0 Å². The molecule has 3 aromatic rings. The largest absolute Gasteiger partial charge is 0.453 e. The van der Waals surface area contributed by atoms with Crippen molar-refractivity contribution in [2.45, 2.75) is 38.0 Å². The number of ether oxygens (including phenoxy) is 1. The molecule has 0 saturated heterocycles. The van der Waals surface area contributed by atoms with Crippen LogP contribution in [-0.2, 0) is 23.5 Å². The predicted molar refractivity (Wildman–Crippen MR) is 146 cm³/mol. The summed E-state index contributed by atoms with van der Waals surface area (Å²) in [4.78, 5) is 12.9. The molecule has 0 saturated carbocycles. The standard InChI is InChI=1S/C28H34O7SSi/c1-28(2,3)37(23-16-10-6-11-17-23,24-18-12-7-13-19-24)33-21-26(25(20-29)35-36(4,31)32)34-27(30)22-14-8-5-9-15-22/h5-19,25-26,29H,20-21H2,1-4H3/t25-,26+/m1/s1. The maximum atomic E-state index is 12.9. The maximum Gasteiger partial charge on any atom is 0.338 e. The Kier molecular flexibility index (Phi) is 9.44. The summed E-state index contributed by atoms with van der Waals surface area (Å²) in [6.07, 6.45) is -1.66. The van der Waals surface area contributed by atoms with Crippen molar-refractivity contribution in [2.75, 3.05) is 19.5 Å². The summed E-state index contributed by atoms with van der Waals surface area (Å²) < 4.78 is 41.6. The van der Waals surface area contributed by atoms with E-state index in [0.29, 0.717) is 0 Å². The van der Waals surface area contributed by atoms with Crippen LogP contribution >= 0.6 is 0 Å². The third kappa shape index (κ3) is 7.15. The molecule has 0 heterocycles. The lowest BCUT2D eigenvalue weighted by atomic mass is 10.2. The fraction of sp³-hybridized carbons (Fsp3) is 0.321. The fourth-order valence-corrected chi connectivity index (χ4v) is 9.60. The molecule has 0 aliphatic rings. The smallest absolute Gasteiger partial charge is 0.338 e. The van der Waals surface area contributed by atoms with Crippen LogP contribution in [0.2, 0.25) is 5.04 Å². The number of aliphatic hydroxyl groups excluding tert-OH is 1. The Bertz CT molecular complexity index is 1200. The van der Waals surface area contributed by atoms with Crippen molar-refractivity contribution in [3.05, 3.63) is 96.6 Å². The molecule has 1 N–H and O–H groups in total. The third-order valence-electron chi connectivity index (χ3n) is 6.04. The minimum absolute atomic E-state index is 0.188. The van der Waals surface area contributed by atoms with Crippen molar-refractivity contribution < 1.29 is 31.7 Å².